The molecule has 2 aliphatic heterocycles. The molecule has 3 aliphatic rings. The van der Waals surface area contributed by atoms with E-state index in [1.165, 1.54) is 18.6 Å². The molecule has 4 unspecified atom stereocenters. The highest BCUT2D eigenvalue weighted by Crippen LogP contribution is 2.33. The normalized spacial score (nSPS) is 35.0. The molecule has 1 aliphatic carbocycles. The SMILES string of the molecule is CCN(CC1CCCS1)C(=O)/C=C/C1CCC2OCOC2C1. The third kappa shape index (κ3) is 4.06. The smallest absolute Gasteiger partial charge is 0.246 e. The van der Waals surface area contributed by atoms with Crippen molar-refractivity contribution in [3.05, 3.63) is 12.2 Å². The van der Waals surface area contributed by atoms with E-state index in [9.17, 15) is 4.79 Å². The fourth-order valence-electron chi connectivity index (χ4n) is 3.62. The first-order valence-corrected chi connectivity index (χ1v) is 9.63. The summed E-state index contributed by atoms with van der Waals surface area (Å²) < 4.78 is 11.1. The minimum atomic E-state index is 0.167. The summed E-state index contributed by atoms with van der Waals surface area (Å²) in [4.78, 5) is 14.4. The van der Waals surface area contributed by atoms with Gasteiger partial charge in [0.2, 0.25) is 5.91 Å². The Bertz CT molecular complexity index is 409. The van der Waals surface area contributed by atoms with Gasteiger partial charge in [-0.3, -0.25) is 4.79 Å². The number of rotatable bonds is 5. The van der Waals surface area contributed by atoms with Crippen LogP contribution in [0.25, 0.3) is 0 Å². The van der Waals surface area contributed by atoms with Crippen molar-refractivity contribution in [2.45, 2.75) is 56.5 Å². The molecule has 22 heavy (non-hydrogen) atoms. The summed E-state index contributed by atoms with van der Waals surface area (Å²) >= 11 is 2.01. The highest BCUT2D eigenvalue weighted by atomic mass is 32.2. The van der Waals surface area contributed by atoms with Crippen molar-refractivity contribution in [2.75, 3.05) is 25.6 Å². The van der Waals surface area contributed by atoms with Crippen LogP contribution in [-0.4, -0.2) is 53.9 Å². The standard InChI is InChI=1S/C17H27NO3S/c1-2-18(11-14-4-3-9-22-14)17(19)8-6-13-5-7-15-16(10-13)21-12-20-15/h6,8,13-16H,2-5,7,9-12H2,1H3/b8-6+. The predicted molar refractivity (Wildman–Crippen MR) is 88.8 cm³/mol. The molecule has 0 aromatic carbocycles. The maximum absolute atomic E-state index is 12.4. The number of hydrogen-bond donors (Lipinski definition) is 0. The van der Waals surface area contributed by atoms with Gasteiger partial charge in [-0.25, -0.2) is 0 Å². The Hall–Kier alpha value is -0.520. The van der Waals surface area contributed by atoms with Crippen LogP contribution in [-0.2, 0) is 14.3 Å². The molecule has 4 nitrogen and oxygen atoms in total. The number of carbonyl (C=O) groups is 1. The van der Waals surface area contributed by atoms with E-state index in [0.29, 0.717) is 18.0 Å². The molecule has 1 amide bonds. The van der Waals surface area contributed by atoms with E-state index < -0.39 is 0 Å². The molecule has 0 radical (unpaired) electrons. The summed E-state index contributed by atoms with van der Waals surface area (Å²) in [5.74, 6) is 1.87. The minimum absolute atomic E-state index is 0.167. The van der Waals surface area contributed by atoms with Crippen LogP contribution in [0, 0.1) is 5.92 Å². The Morgan fingerprint density at radius 3 is 2.91 bits per heavy atom. The average molecular weight is 325 g/mol. The van der Waals surface area contributed by atoms with Crippen molar-refractivity contribution < 1.29 is 14.3 Å². The molecular weight excluding hydrogens is 298 g/mol. The first-order chi connectivity index (χ1) is 10.8. The molecule has 0 spiro atoms. The van der Waals surface area contributed by atoms with Crippen molar-refractivity contribution in [1.29, 1.82) is 0 Å². The molecular formula is C17H27NO3S. The molecule has 0 aromatic rings. The van der Waals surface area contributed by atoms with Crippen molar-refractivity contribution in [1.82, 2.24) is 4.90 Å². The van der Waals surface area contributed by atoms with Gasteiger partial charge < -0.3 is 14.4 Å². The molecule has 2 heterocycles. The number of hydrogen-bond acceptors (Lipinski definition) is 4. The quantitative estimate of drug-likeness (QED) is 0.729. The molecule has 0 bridgehead atoms. The first-order valence-electron chi connectivity index (χ1n) is 8.58. The molecule has 3 fully saturated rings. The van der Waals surface area contributed by atoms with Crippen LogP contribution < -0.4 is 0 Å². The second-order valence-corrected chi connectivity index (χ2v) is 7.88. The van der Waals surface area contributed by atoms with Crippen LogP contribution in [0.5, 0.6) is 0 Å². The number of thioether (sulfide) groups is 1. The number of nitrogens with zero attached hydrogens (tertiary/aromatic N) is 1. The number of amides is 1. The molecule has 2 saturated heterocycles. The van der Waals surface area contributed by atoms with Crippen LogP contribution in [0.2, 0.25) is 0 Å². The lowest BCUT2D eigenvalue weighted by atomic mass is 9.85. The highest BCUT2D eigenvalue weighted by molar-refractivity contribution is 8.00. The van der Waals surface area contributed by atoms with Crippen LogP contribution in [0.15, 0.2) is 12.2 Å². The summed E-state index contributed by atoms with van der Waals surface area (Å²) in [7, 11) is 0. The Labute approximate surface area is 137 Å². The summed E-state index contributed by atoms with van der Waals surface area (Å²) in [6.07, 6.45) is 10.1. The van der Waals surface area contributed by atoms with Gasteiger partial charge in [-0.15, -0.1) is 0 Å². The van der Waals surface area contributed by atoms with E-state index in [4.69, 9.17) is 9.47 Å². The maximum atomic E-state index is 12.4. The molecule has 0 aromatic heterocycles. The summed E-state index contributed by atoms with van der Waals surface area (Å²) in [6.45, 7) is 4.21. The Kier molecular flexibility index (Phi) is 5.83. The molecule has 124 valence electrons. The molecule has 1 saturated carbocycles. The van der Waals surface area contributed by atoms with Crippen molar-refractivity contribution in [3.63, 3.8) is 0 Å². The lowest BCUT2D eigenvalue weighted by Crippen LogP contribution is -2.35. The largest absolute Gasteiger partial charge is 0.349 e. The van der Waals surface area contributed by atoms with Crippen LogP contribution in [0.3, 0.4) is 0 Å². The Morgan fingerprint density at radius 1 is 1.27 bits per heavy atom. The van der Waals surface area contributed by atoms with Crippen molar-refractivity contribution in [3.8, 4) is 0 Å². The van der Waals surface area contributed by atoms with E-state index in [-0.39, 0.29) is 18.1 Å². The molecule has 0 N–H and O–H groups in total. The van der Waals surface area contributed by atoms with Gasteiger partial charge in [0.1, 0.15) is 6.79 Å². The summed E-state index contributed by atoms with van der Waals surface area (Å²) in [5.41, 5.74) is 0. The lowest BCUT2D eigenvalue weighted by Gasteiger charge is -2.28. The highest BCUT2D eigenvalue weighted by Gasteiger charge is 2.35. The van der Waals surface area contributed by atoms with E-state index >= 15 is 0 Å². The van der Waals surface area contributed by atoms with E-state index in [0.717, 1.165) is 32.4 Å². The number of carbonyl (C=O) groups excluding carboxylic acids is 1. The van der Waals surface area contributed by atoms with Crippen LogP contribution in [0.4, 0.5) is 0 Å². The fourth-order valence-corrected chi connectivity index (χ4v) is 4.91. The maximum Gasteiger partial charge on any atom is 0.246 e. The zero-order valence-electron chi connectivity index (χ0n) is 13.4. The first kappa shape index (κ1) is 16.3. The zero-order valence-corrected chi connectivity index (χ0v) is 14.2. The van der Waals surface area contributed by atoms with Gasteiger partial charge in [0.05, 0.1) is 12.2 Å². The fraction of sp³-hybridized carbons (Fsp3) is 0.824. The van der Waals surface area contributed by atoms with Gasteiger partial charge >= 0.3 is 0 Å². The third-order valence-corrected chi connectivity index (χ3v) is 6.37. The Morgan fingerprint density at radius 2 is 2.14 bits per heavy atom. The third-order valence-electron chi connectivity index (χ3n) is 4.99. The van der Waals surface area contributed by atoms with Gasteiger partial charge in [0.25, 0.3) is 0 Å². The summed E-state index contributed by atoms with van der Waals surface area (Å²) in [6, 6.07) is 0. The minimum Gasteiger partial charge on any atom is -0.349 e. The average Bonchev–Trinajstić information content (AvgIpc) is 3.20. The van der Waals surface area contributed by atoms with E-state index in [1.54, 1.807) is 6.08 Å². The second-order valence-electron chi connectivity index (χ2n) is 6.47. The molecule has 4 atom stereocenters. The van der Waals surface area contributed by atoms with Crippen LogP contribution in [0.1, 0.15) is 39.0 Å². The number of ether oxygens (including phenoxy) is 2. The van der Waals surface area contributed by atoms with Gasteiger partial charge in [-0.1, -0.05) is 6.08 Å². The van der Waals surface area contributed by atoms with Crippen LogP contribution >= 0.6 is 11.8 Å². The lowest BCUT2D eigenvalue weighted by molar-refractivity contribution is -0.125. The number of likely N-dealkylation sites (N-methyl/N-ethyl adjacent to an activating group) is 1. The van der Waals surface area contributed by atoms with Gasteiger partial charge in [0, 0.05) is 18.3 Å². The number of allylic oxidation sites excluding steroid dienone is 1. The van der Waals surface area contributed by atoms with Gasteiger partial charge in [0.15, 0.2) is 0 Å². The van der Waals surface area contributed by atoms with E-state index in [1.807, 2.05) is 16.7 Å². The number of fused-ring (bicyclic) bond motifs is 1. The Balaban J connectivity index is 1.48. The monoisotopic (exact) mass is 325 g/mol. The van der Waals surface area contributed by atoms with Crippen molar-refractivity contribution >= 4 is 17.7 Å². The van der Waals surface area contributed by atoms with Gasteiger partial charge in [-0.2, -0.15) is 11.8 Å². The van der Waals surface area contributed by atoms with Gasteiger partial charge in [-0.05, 0) is 56.8 Å². The van der Waals surface area contributed by atoms with Crippen molar-refractivity contribution in [2.24, 2.45) is 5.92 Å². The molecule has 5 heteroatoms. The molecule has 3 rings (SSSR count). The predicted octanol–water partition coefficient (Wildman–Crippen LogP) is 2.83. The topological polar surface area (TPSA) is 38.8 Å². The second kappa shape index (κ2) is 7.84. The van der Waals surface area contributed by atoms with E-state index in [2.05, 4.69) is 13.0 Å². The zero-order chi connectivity index (χ0) is 15.4. The summed E-state index contributed by atoms with van der Waals surface area (Å²) in [5, 5.41) is 0.636.